The quantitative estimate of drug-likeness (QED) is 0.0781. The molecular weight excluding hydrogens is 562 g/mol. The van der Waals surface area contributed by atoms with E-state index in [1.165, 1.54) is 4.90 Å². The van der Waals surface area contributed by atoms with Gasteiger partial charge in [-0.3, -0.25) is 0 Å². The van der Waals surface area contributed by atoms with Crippen molar-refractivity contribution in [2.75, 3.05) is 37.9 Å². The molecule has 0 aliphatic carbocycles. The molecule has 0 unspecified atom stereocenters. The van der Waals surface area contributed by atoms with Crippen LogP contribution < -0.4 is 69.3 Å². The Morgan fingerprint density at radius 1 is 1.05 bits per heavy atom. The summed E-state index contributed by atoms with van der Waals surface area (Å²) >= 11 is 0. The Morgan fingerprint density at radius 3 is 2.05 bits per heavy atom. The number of anilines is 1. The van der Waals surface area contributed by atoms with Crippen molar-refractivity contribution in [3.05, 3.63) is 54.2 Å². The minimum atomic E-state index is -5.03. The Kier molecular flexibility index (Phi) is 16.6. The maximum atomic E-state index is 11.8. The first-order valence-corrected chi connectivity index (χ1v) is 13.2. The van der Waals surface area contributed by atoms with Gasteiger partial charge in [-0.05, 0) is 38.1 Å². The molecule has 2 N–H and O–H groups in total. The minimum absolute atomic E-state index is 0. The van der Waals surface area contributed by atoms with Crippen LogP contribution in [0.2, 0.25) is 0 Å². The molecule has 0 atom stereocenters. The zero-order chi connectivity index (χ0) is 26.9. The summed E-state index contributed by atoms with van der Waals surface area (Å²) in [5, 5.41) is 17.9. The predicted octanol–water partition coefficient (Wildman–Crippen LogP) is -3.38. The summed E-state index contributed by atoms with van der Waals surface area (Å²) in [4.78, 5) is 3.72. The Morgan fingerprint density at radius 2 is 1.61 bits per heavy atom. The number of hydrogen-bond donors (Lipinski definition) is 2. The van der Waals surface area contributed by atoms with E-state index >= 15 is 0 Å². The summed E-state index contributed by atoms with van der Waals surface area (Å²) in [6, 6.07) is 8.34. The number of hydrogen-bond acceptors (Lipinski definition) is 13. The normalized spacial score (nSPS) is 13.6. The molecule has 0 spiro atoms. The van der Waals surface area contributed by atoms with Gasteiger partial charge in [-0.2, -0.15) is 5.11 Å². The maximum Gasteiger partial charge on any atom is 1.00 e. The van der Waals surface area contributed by atoms with E-state index in [0.29, 0.717) is 5.69 Å². The van der Waals surface area contributed by atoms with E-state index in [1.807, 2.05) is 6.92 Å². The zero-order valence-electron chi connectivity index (χ0n) is 21.6. The van der Waals surface area contributed by atoms with Crippen LogP contribution in [0.1, 0.15) is 12.5 Å². The smallest absolute Gasteiger partial charge is 0.744 e. The number of nitrogens with one attached hydrogen (secondary N) is 1. The third kappa shape index (κ3) is 12.1. The molecule has 2 aromatic rings. The van der Waals surface area contributed by atoms with E-state index in [4.69, 9.17) is 9.99 Å². The van der Waals surface area contributed by atoms with Crippen LogP contribution in [0.3, 0.4) is 0 Å². The van der Waals surface area contributed by atoms with Crippen molar-refractivity contribution in [3.63, 3.8) is 0 Å². The molecular formula is C21H26N4Na2O9S2. The van der Waals surface area contributed by atoms with Crippen LogP contribution in [0.15, 0.2) is 68.7 Å². The van der Waals surface area contributed by atoms with E-state index in [2.05, 4.69) is 27.0 Å². The number of aryl methyl sites for hydroxylation is 1. The summed E-state index contributed by atoms with van der Waals surface area (Å²) in [6.45, 7) is 8.20. The van der Waals surface area contributed by atoms with Gasteiger partial charge in [0.1, 0.15) is 25.9 Å². The SMILES string of the molecule is C=C(C)NCOO.Cc1ccc(N=Nc2cc(S(=O)(=O)[O-])c(N3CCOCC3)cc2S(=O)(=O)[O-])cc1.[Na+].[Na+]. The second-order valence-electron chi connectivity index (χ2n) is 7.56. The molecule has 1 aliphatic heterocycles. The van der Waals surface area contributed by atoms with Crippen molar-refractivity contribution >= 4 is 37.3 Å². The third-order valence-electron chi connectivity index (χ3n) is 4.68. The van der Waals surface area contributed by atoms with Gasteiger partial charge >= 0.3 is 59.1 Å². The fourth-order valence-electron chi connectivity index (χ4n) is 2.95. The van der Waals surface area contributed by atoms with Crippen molar-refractivity contribution in [2.24, 2.45) is 10.2 Å². The predicted molar refractivity (Wildman–Crippen MR) is 127 cm³/mol. The second-order valence-corrected chi connectivity index (χ2v) is 10.3. The van der Waals surface area contributed by atoms with Crippen LogP contribution in [-0.4, -0.2) is 64.2 Å². The van der Waals surface area contributed by atoms with Crippen LogP contribution in [0.5, 0.6) is 0 Å². The van der Waals surface area contributed by atoms with Gasteiger partial charge in [-0.25, -0.2) is 27.0 Å². The van der Waals surface area contributed by atoms with Gasteiger partial charge in [-0.1, -0.05) is 24.3 Å². The van der Waals surface area contributed by atoms with Crippen LogP contribution in [0.4, 0.5) is 17.1 Å². The second kappa shape index (κ2) is 17.0. The molecule has 17 heteroatoms. The number of azo groups is 1. The summed E-state index contributed by atoms with van der Waals surface area (Å²) in [5.41, 5.74) is 1.39. The van der Waals surface area contributed by atoms with Crippen LogP contribution in [-0.2, 0) is 29.9 Å². The first-order chi connectivity index (χ1) is 16.8. The van der Waals surface area contributed by atoms with E-state index in [0.717, 1.165) is 23.4 Å². The molecule has 0 saturated carbocycles. The van der Waals surface area contributed by atoms with E-state index in [9.17, 15) is 25.9 Å². The molecule has 3 rings (SSSR count). The number of morpholine rings is 1. The van der Waals surface area contributed by atoms with Gasteiger partial charge in [0.25, 0.3) is 0 Å². The first-order valence-electron chi connectivity index (χ1n) is 10.4. The van der Waals surface area contributed by atoms with E-state index in [1.54, 1.807) is 31.2 Å². The van der Waals surface area contributed by atoms with Crippen LogP contribution >= 0.6 is 0 Å². The van der Waals surface area contributed by atoms with Crippen LogP contribution in [0.25, 0.3) is 0 Å². The van der Waals surface area contributed by atoms with E-state index < -0.39 is 35.7 Å². The monoisotopic (exact) mass is 588 g/mol. The number of nitrogens with zero attached hydrogens (tertiary/aromatic N) is 3. The first kappa shape index (κ1) is 37.1. The number of allylic oxidation sites excluding steroid dienone is 1. The van der Waals surface area contributed by atoms with E-state index in [-0.39, 0.29) is 97.8 Å². The molecule has 1 saturated heterocycles. The van der Waals surface area contributed by atoms with Crippen molar-refractivity contribution < 1.29 is 99.9 Å². The van der Waals surface area contributed by atoms with Gasteiger partial charge < -0.3 is 24.1 Å². The van der Waals surface area contributed by atoms with Crippen molar-refractivity contribution in [2.45, 2.75) is 23.6 Å². The average molecular weight is 589 g/mol. The average Bonchev–Trinajstić information content (AvgIpc) is 2.81. The molecule has 198 valence electrons. The van der Waals surface area contributed by atoms with Crippen LogP contribution in [0, 0.1) is 6.92 Å². The molecule has 0 amide bonds. The Hall–Kier alpha value is -0.920. The number of ether oxygens (including phenoxy) is 1. The van der Waals surface area contributed by atoms with Gasteiger partial charge in [-0.15, -0.1) is 5.11 Å². The topological polar surface area (TPSA) is 193 Å². The molecule has 0 radical (unpaired) electrons. The Balaban J connectivity index is 0.00000135. The fraction of sp³-hybridized carbons (Fsp3) is 0.333. The van der Waals surface area contributed by atoms with Crippen molar-refractivity contribution in [1.82, 2.24) is 5.32 Å². The van der Waals surface area contributed by atoms with Gasteiger partial charge in [0.05, 0.1) is 34.4 Å². The summed E-state index contributed by atoms with van der Waals surface area (Å²) < 4.78 is 75.9. The zero-order valence-corrected chi connectivity index (χ0v) is 27.2. The van der Waals surface area contributed by atoms with Gasteiger partial charge in [0, 0.05) is 18.8 Å². The fourth-order valence-corrected chi connectivity index (χ4v) is 4.26. The number of rotatable bonds is 8. The largest absolute Gasteiger partial charge is 1.00 e. The Labute approximate surface area is 266 Å². The summed E-state index contributed by atoms with van der Waals surface area (Å²) in [7, 11) is -10.0. The van der Waals surface area contributed by atoms with Crippen molar-refractivity contribution in [3.8, 4) is 0 Å². The summed E-state index contributed by atoms with van der Waals surface area (Å²) in [5.74, 6) is 0. The standard InChI is InChI=1S/C17H19N3O7S2.C4H9NO2.2Na/c1-12-2-4-13(5-3-12)18-19-14-10-17(29(24,25)26)15(11-16(14)28(21,22)23)20-6-8-27-9-7-20;1-4(2)5-3-7-6;;/h2-5,10-11H,6-9H2,1H3,(H,21,22,23)(H,24,25,26);5-6H,1,3H2,2H3;;/q;;2*+1/p-2. The molecule has 1 fully saturated rings. The number of benzene rings is 2. The molecule has 1 heterocycles. The Bertz CT molecular complexity index is 1300. The molecule has 13 nitrogen and oxygen atoms in total. The molecule has 0 bridgehead atoms. The molecule has 1 aliphatic rings. The molecule has 2 aromatic carbocycles. The third-order valence-corrected chi connectivity index (χ3v) is 6.41. The minimum Gasteiger partial charge on any atom is -0.744 e. The molecule has 38 heavy (non-hydrogen) atoms. The van der Waals surface area contributed by atoms with Gasteiger partial charge in [0.2, 0.25) is 0 Å². The summed E-state index contributed by atoms with van der Waals surface area (Å²) in [6.07, 6.45) is 0. The van der Waals surface area contributed by atoms with Crippen molar-refractivity contribution in [1.29, 1.82) is 0 Å². The van der Waals surface area contributed by atoms with Gasteiger partial charge in [0.15, 0.2) is 6.73 Å². The molecule has 0 aromatic heterocycles. The maximum absolute atomic E-state index is 11.8.